The highest BCUT2D eigenvalue weighted by molar-refractivity contribution is 5.77. The van der Waals surface area contributed by atoms with Gasteiger partial charge < -0.3 is 4.57 Å². The fourth-order valence-corrected chi connectivity index (χ4v) is 2.20. The van der Waals surface area contributed by atoms with E-state index in [1.807, 2.05) is 18.7 Å². The molecule has 1 aromatic carbocycles. The second kappa shape index (κ2) is 5.41. The van der Waals surface area contributed by atoms with E-state index in [0.717, 1.165) is 23.3 Å². The highest BCUT2D eigenvalue weighted by Crippen LogP contribution is 2.24. The van der Waals surface area contributed by atoms with E-state index in [-0.39, 0.29) is 6.04 Å². The zero-order chi connectivity index (χ0) is 14.0. The number of hydrogen-bond acceptors (Lipinski definition) is 3. The molecule has 100 valence electrons. The zero-order valence-electron chi connectivity index (χ0n) is 12.0. The van der Waals surface area contributed by atoms with E-state index < -0.39 is 0 Å². The summed E-state index contributed by atoms with van der Waals surface area (Å²) in [5.41, 5.74) is 3.30. The largest absolute Gasteiger partial charge is 0.313 e. The molecule has 0 saturated carbocycles. The van der Waals surface area contributed by atoms with E-state index in [4.69, 9.17) is 10.2 Å². The molecule has 0 aliphatic heterocycles. The molecule has 0 bridgehead atoms. The van der Waals surface area contributed by atoms with Gasteiger partial charge in [0, 0.05) is 0 Å². The van der Waals surface area contributed by atoms with Gasteiger partial charge in [0.1, 0.15) is 12.4 Å². The smallest absolute Gasteiger partial charge is 0.127 e. The van der Waals surface area contributed by atoms with Gasteiger partial charge in [-0.25, -0.2) is 4.98 Å². The van der Waals surface area contributed by atoms with Crippen molar-refractivity contribution < 1.29 is 0 Å². The summed E-state index contributed by atoms with van der Waals surface area (Å²) in [5.74, 6) is 0.954. The number of aryl methyl sites for hydroxylation is 1. The van der Waals surface area contributed by atoms with Crippen molar-refractivity contribution in [2.75, 3.05) is 14.1 Å². The number of aromatic nitrogens is 2. The lowest BCUT2D eigenvalue weighted by Crippen LogP contribution is -2.20. The van der Waals surface area contributed by atoms with Crippen LogP contribution in [0.2, 0.25) is 0 Å². The average molecular weight is 256 g/mol. The van der Waals surface area contributed by atoms with Crippen molar-refractivity contribution in [1.82, 2.24) is 14.5 Å². The number of imidazole rings is 1. The van der Waals surface area contributed by atoms with Crippen LogP contribution in [0.1, 0.15) is 31.3 Å². The summed E-state index contributed by atoms with van der Waals surface area (Å²) in [7, 11) is 4.05. The van der Waals surface area contributed by atoms with Gasteiger partial charge in [0.05, 0.1) is 23.1 Å². The Morgan fingerprint density at radius 1 is 1.42 bits per heavy atom. The van der Waals surface area contributed by atoms with Crippen LogP contribution >= 0.6 is 0 Å². The first-order valence-corrected chi connectivity index (χ1v) is 6.61. The van der Waals surface area contributed by atoms with Gasteiger partial charge in [-0.1, -0.05) is 13.0 Å². The third kappa shape index (κ3) is 2.47. The van der Waals surface area contributed by atoms with Gasteiger partial charge in [0.25, 0.3) is 0 Å². The minimum absolute atomic E-state index is 0.186. The third-order valence-corrected chi connectivity index (χ3v) is 3.63. The summed E-state index contributed by atoms with van der Waals surface area (Å²) in [6.07, 6.45) is 1.000. The average Bonchev–Trinajstić information content (AvgIpc) is 2.76. The van der Waals surface area contributed by atoms with Crippen LogP contribution in [0.25, 0.3) is 11.0 Å². The maximum atomic E-state index is 9.03. The lowest BCUT2D eigenvalue weighted by Gasteiger charge is -2.19. The predicted molar refractivity (Wildman–Crippen MR) is 76.8 cm³/mol. The molecule has 0 saturated heterocycles. The van der Waals surface area contributed by atoms with Gasteiger partial charge in [0.15, 0.2) is 0 Å². The molecular formula is C15H20N4. The van der Waals surface area contributed by atoms with Gasteiger partial charge >= 0.3 is 0 Å². The van der Waals surface area contributed by atoms with Crippen molar-refractivity contribution in [1.29, 1.82) is 5.26 Å². The third-order valence-electron chi connectivity index (χ3n) is 3.63. The Morgan fingerprint density at radius 2 is 2.16 bits per heavy atom. The quantitative estimate of drug-likeness (QED) is 0.845. The van der Waals surface area contributed by atoms with Crippen LogP contribution in [-0.4, -0.2) is 28.5 Å². The molecule has 1 atom stereocenters. The maximum Gasteiger partial charge on any atom is 0.127 e. The molecule has 2 aromatic rings. The lowest BCUT2D eigenvalue weighted by molar-refractivity contribution is 0.303. The van der Waals surface area contributed by atoms with Crippen molar-refractivity contribution >= 4 is 11.0 Å². The molecule has 1 unspecified atom stereocenters. The molecule has 1 heterocycles. The van der Waals surface area contributed by atoms with Crippen LogP contribution in [0.15, 0.2) is 18.2 Å². The molecule has 4 nitrogen and oxygen atoms in total. The van der Waals surface area contributed by atoms with Crippen LogP contribution in [0.3, 0.4) is 0 Å². The predicted octanol–water partition coefficient (Wildman–Crippen LogP) is 2.74. The number of nitriles is 1. The normalized spacial score (nSPS) is 12.8. The molecule has 0 N–H and O–H groups in total. The van der Waals surface area contributed by atoms with Crippen LogP contribution in [-0.2, 0) is 13.0 Å². The molecule has 0 spiro atoms. The molecule has 0 amide bonds. The second-order valence-corrected chi connectivity index (χ2v) is 5.03. The molecule has 0 fully saturated rings. The van der Waals surface area contributed by atoms with E-state index in [2.05, 4.69) is 43.0 Å². The van der Waals surface area contributed by atoms with E-state index in [9.17, 15) is 0 Å². The van der Waals surface area contributed by atoms with Crippen molar-refractivity contribution in [2.24, 2.45) is 0 Å². The first-order valence-electron chi connectivity index (χ1n) is 6.61. The minimum Gasteiger partial charge on any atom is -0.313 e. The van der Waals surface area contributed by atoms with Crippen LogP contribution in [0.5, 0.6) is 0 Å². The SMILES string of the molecule is CCc1ccc2c(c1)nc(C(C)N(C)C)n2CC#N. The van der Waals surface area contributed by atoms with Crippen molar-refractivity contribution in [3.05, 3.63) is 29.6 Å². The minimum atomic E-state index is 0.186. The van der Waals surface area contributed by atoms with E-state index >= 15 is 0 Å². The molecule has 19 heavy (non-hydrogen) atoms. The van der Waals surface area contributed by atoms with Gasteiger partial charge in [-0.3, -0.25) is 4.90 Å². The number of rotatable bonds is 4. The topological polar surface area (TPSA) is 44.9 Å². The number of hydrogen-bond donors (Lipinski definition) is 0. The number of benzene rings is 1. The lowest BCUT2D eigenvalue weighted by atomic mass is 10.1. The summed E-state index contributed by atoms with van der Waals surface area (Å²) >= 11 is 0. The highest BCUT2D eigenvalue weighted by Gasteiger charge is 2.18. The Morgan fingerprint density at radius 3 is 2.74 bits per heavy atom. The number of nitrogens with zero attached hydrogens (tertiary/aromatic N) is 4. The fourth-order valence-electron chi connectivity index (χ4n) is 2.20. The molecular weight excluding hydrogens is 236 g/mol. The molecule has 0 radical (unpaired) electrons. The summed E-state index contributed by atoms with van der Waals surface area (Å²) in [5, 5.41) is 9.03. The molecule has 2 rings (SSSR count). The van der Waals surface area contributed by atoms with E-state index in [1.54, 1.807) is 0 Å². The zero-order valence-corrected chi connectivity index (χ0v) is 12.0. The Hall–Kier alpha value is -1.86. The summed E-state index contributed by atoms with van der Waals surface area (Å²) in [6, 6.07) is 8.72. The fraction of sp³-hybridized carbons (Fsp3) is 0.467. The Labute approximate surface area is 114 Å². The first-order chi connectivity index (χ1) is 9.08. The van der Waals surface area contributed by atoms with Crippen molar-refractivity contribution in [3.63, 3.8) is 0 Å². The van der Waals surface area contributed by atoms with Crippen LogP contribution in [0, 0.1) is 11.3 Å². The van der Waals surface area contributed by atoms with Gasteiger partial charge in [-0.15, -0.1) is 0 Å². The maximum absolute atomic E-state index is 9.03. The van der Waals surface area contributed by atoms with Gasteiger partial charge in [0.2, 0.25) is 0 Å². The molecule has 4 heteroatoms. The first kappa shape index (κ1) is 13.6. The Kier molecular flexibility index (Phi) is 3.87. The van der Waals surface area contributed by atoms with Gasteiger partial charge in [-0.05, 0) is 45.1 Å². The van der Waals surface area contributed by atoms with Crippen LogP contribution in [0.4, 0.5) is 0 Å². The van der Waals surface area contributed by atoms with Crippen molar-refractivity contribution in [3.8, 4) is 6.07 Å². The van der Waals surface area contributed by atoms with Crippen molar-refractivity contribution in [2.45, 2.75) is 32.9 Å². The van der Waals surface area contributed by atoms with Crippen LogP contribution < -0.4 is 0 Å². The monoisotopic (exact) mass is 256 g/mol. The van der Waals surface area contributed by atoms with E-state index in [1.165, 1.54) is 5.56 Å². The Bertz CT molecular complexity index is 619. The Balaban J connectivity index is 2.62. The number of fused-ring (bicyclic) bond motifs is 1. The standard InChI is InChI=1S/C15H20N4/c1-5-12-6-7-14-13(10-12)17-15(11(2)18(3)4)19(14)9-8-16/h6-7,10-11H,5,9H2,1-4H3. The van der Waals surface area contributed by atoms with E-state index in [0.29, 0.717) is 6.54 Å². The highest BCUT2D eigenvalue weighted by atomic mass is 15.2. The molecule has 0 aliphatic rings. The summed E-state index contributed by atoms with van der Waals surface area (Å²) < 4.78 is 2.01. The second-order valence-electron chi connectivity index (χ2n) is 5.03. The molecule has 1 aromatic heterocycles. The summed E-state index contributed by atoms with van der Waals surface area (Å²) in [4.78, 5) is 6.84. The van der Waals surface area contributed by atoms with Gasteiger partial charge in [-0.2, -0.15) is 5.26 Å². The summed E-state index contributed by atoms with van der Waals surface area (Å²) in [6.45, 7) is 4.59. The molecule has 0 aliphatic carbocycles.